The maximum absolute atomic E-state index is 11.7. The van der Waals surface area contributed by atoms with E-state index in [1.54, 1.807) is 12.1 Å². The van der Waals surface area contributed by atoms with Crippen LogP contribution in [0.2, 0.25) is 0 Å². The first kappa shape index (κ1) is 14.5. The molecule has 1 aliphatic heterocycles. The molecule has 106 valence electrons. The second kappa shape index (κ2) is 4.88. The molecule has 0 aromatic heterocycles. The molecule has 1 aliphatic rings. The Kier molecular flexibility index (Phi) is 3.72. The molecule has 1 fully saturated rings. The summed E-state index contributed by atoms with van der Waals surface area (Å²) in [6.07, 6.45) is 1.15. The van der Waals surface area contributed by atoms with Gasteiger partial charge in [0.1, 0.15) is 0 Å². The molecule has 0 radical (unpaired) electrons. The van der Waals surface area contributed by atoms with E-state index in [1.807, 2.05) is 6.92 Å². The van der Waals surface area contributed by atoms with Crippen LogP contribution >= 0.6 is 0 Å². The molecule has 5 nitrogen and oxygen atoms in total. The number of rotatable bonds is 2. The molecule has 1 aromatic carbocycles. The molecule has 1 saturated heterocycles. The molecule has 1 heterocycles. The molecule has 19 heavy (non-hydrogen) atoms. The summed E-state index contributed by atoms with van der Waals surface area (Å²) >= 11 is 0. The zero-order valence-electron chi connectivity index (χ0n) is 10.8. The van der Waals surface area contributed by atoms with Crippen molar-refractivity contribution in [3.8, 4) is 0 Å². The molecule has 1 N–H and O–H groups in total. The average molecular weight is 303 g/mol. The van der Waals surface area contributed by atoms with Crippen LogP contribution in [-0.2, 0) is 19.7 Å². The van der Waals surface area contributed by atoms with Crippen molar-refractivity contribution in [2.75, 3.05) is 17.8 Å². The van der Waals surface area contributed by atoms with Gasteiger partial charge in [0.15, 0.2) is 19.7 Å². The van der Waals surface area contributed by atoms with Gasteiger partial charge in [-0.15, -0.1) is 0 Å². The van der Waals surface area contributed by atoms with Crippen molar-refractivity contribution in [2.24, 2.45) is 0 Å². The van der Waals surface area contributed by atoms with Gasteiger partial charge in [-0.2, -0.15) is 0 Å². The number of benzene rings is 1. The minimum absolute atomic E-state index is 0.0512. The maximum atomic E-state index is 11.7. The molecule has 2 rings (SSSR count). The Morgan fingerprint density at radius 2 is 1.74 bits per heavy atom. The lowest BCUT2D eigenvalue weighted by Crippen LogP contribution is -2.45. The van der Waals surface area contributed by atoms with E-state index < -0.39 is 19.7 Å². The number of hydrogen-bond acceptors (Lipinski definition) is 5. The van der Waals surface area contributed by atoms with E-state index in [1.165, 1.54) is 12.1 Å². The highest BCUT2D eigenvalue weighted by atomic mass is 32.2. The monoisotopic (exact) mass is 303 g/mol. The molecular formula is C12H17NO4S2. The van der Waals surface area contributed by atoms with Crippen LogP contribution in [0, 0.1) is 0 Å². The third kappa shape index (κ3) is 3.55. The second-order valence-corrected chi connectivity index (χ2v) is 9.21. The van der Waals surface area contributed by atoms with Gasteiger partial charge < -0.3 is 5.32 Å². The summed E-state index contributed by atoms with van der Waals surface area (Å²) in [4.78, 5) is 0.239. The highest BCUT2D eigenvalue weighted by Gasteiger charge is 2.29. The standard InChI is InChI=1S/C12H17NO4S2/c1-9-7-19(16,17)8-12(13-9)10-3-5-11(6-4-10)18(2,14)15/h3-6,9,12-13H,7-8H2,1-2H3. The quantitative estimate of drug-likeness (QED) is 0.862. The van der Waals surface area contributed by atoms with E-state index >= 15 is 0 Å². The molecule has 0 aliphatic carbocycles. The van der Waals surface area contributed by atoms with Crippen molar-refractivity contribution in [3.63, 3.8) is 0 Å². The van der Waals surface area contributed by atoms with Gasteiger partial charge in [0.2, 0.25) is 0 Å². The first-order valence-electron chi connectivity index (χ1n) is 5.94. The fourth-order valence-corrected chi connectivity index (χ4v) is 4.70. The van der Waals surface area contributed by atoms with E-state index in [9.17, 15) is 16.8 Å². The fraction of sp³-hybridized carbons (Fsp3) is 0.500. The zero-order chi connectivity index (χ0) is 14.3. The van der Waals surface area contributed by atoms with E-state index in [0.29, 0.717) is 0 Å². The van der Waals surface area contributed by atoms with Crippen LogP contribution in [0.15, 0.2) is 29.2 Å². The molecule has 0 bridgehead atoms. The molecule has 7 heteroatoms. The largest absolute Gasteiger partial charge is 0.306 e. The Morgan fingerprint density at radius 3 is 2.21 bits per heavy atom. The summed E-state index contributed by atoms with van der Waals surface area (Å²) in [6.45, 7) is 1.83. The topological polar surface area (TPSA) is 80.3 Å². The van der Waals surface area contributed by atoms with Crippen LogP contribution < -0.4 is 5.32 Å². The van der Waals surface area contributed by atoms with Crippen LogP contribution in [-0.4, -0.2) is 40.6 Å². The van der Waals surface area contributed by atoms with Crippen molar-refractivity contribution in [2.45, 2.75) is 23.9 Å². The van der Waals surface area contributed by atoms with Gasteiger partial charge in [0.25, 0.3) is 0 Å². The second-order valence-electron chi connectivity index (χ2n) is 5.04. The lowest BCUT2D eigenvalue weighted by Gasteiger charge is -2.29. The van der Waals surface area contributed by atoms with Gasteiger partial charge in [-0.05, 0) is 24.6 Å². The summed E-state index contributed by atoms with van der Waals surface area (Å²) in [6, 6.07) is 5.99. The zero-order valence-corrected chi connectivity index (χ0v) is 12.5. The number of hydrogen-bond donors (Lipinski definition) is 1. The molecular weight excluding hydrogens is 286 g/mol. The minimum atomic E-state index is -3.22. The van der Waals surface area contributed by atoms with Crippen LogP contribution in [0.4, 0.5) is 0 Å². The van der Waals surface area contributed by atoms with E-state index in [2.05, 4.69) is 5.32 Å². The Hall–Kier alpha value is -0.920. The summed E-state index contributed by atoms with van der Waals surface area (Å²) in [5.74, 6) is 0.195. The van der Waals surface area contributed by atoms with Gasteiger partial charge in [0, 0.05) is 18.3 Å². The Balaban J connectivity index is 2.28. The normalized spacial score (nSPS) is 27.1. The van der Waals surface area contributed by atoms with Crippen molar-refractivity contribution in [3.05, 3.63) is 29.8 Å². The third-order valence-electron chi connectivity index (χ3n) is 3.12. The van der Waals surface area contributed by atoms with Crippen LogP contribution in [0.25, 0.3) is 0 Å². The van der Waals surface area contributed by atoms with Gasteiger partial charge in [-0.3, -0.25) is 0 Å². The molecule has 0 spiro atoms. The van der Waals surface area contributed by atoms with Gasteiger partial charge in [0.05, 0.1) is 16.4 Å². The van der Waals surface area contributed by atoms with Crippen molar-refractivity contribution in [1.29, 1.82) is 0 Å². The fourth-order valence-electron chi connectivity index (χ4n) is 2.28. The minimum Gasteiger partial charge on any atom is -0.306 e. The molecule has 0 amide bonds. The highest BCUT2D eigenvalue weighted by Crippen LogP contribution is 2.22. The molecule has 0 saturated carbocycles. The van der Waals surface area contributed by atoms with Crippen LogP contribution in [0.1, 0.15) is 18.5 Å². The van der Waals surface area contributed by atoms with E-state index in [0.717, 1.165) is 11.8 Å². The molecule has 1 aromatic rings. The van der Waals surface area contributed by atoms with E-state index in [4.69, 9.17) is 0 Å². The maximum Gasteiger partial charge on any atom is 0.175 e. The van der Waals surface area contributed by atoms with Gasteiger partial charge in [-0.1, -0.05) is 12.1 Å². The predicted octanol–water partition coefficient (Wildman–Crippen LogP) is 0.538. The lowest BCUT2D eigenvalue weighted by molar-refractivity contribution is 0.468. The van der Waals surface area contributed by atoms with Crippen molar-refractivity contribution >= 4 is 19.7 Å². The van der Waals surface area contributed by atoms with Crippen LogP contribution in [0.3, 0.4) is 0 Å². The van der Waals surface area contributed by atoms with Gasteiger partial charge >= 0.3 is 0 Å². The molecule has 2 atom stereocenters. The number of nitrogens with one attached hydrogen (secondary N) is 1. The predicted molar refractivity (Wildman–Crippen MR) is 73.5 cm³/mol. The summed E-state index contributed by atoms with van der Waals surface area (Å²) < 4.78 is 46.2. The van der Waals surface area contributed by atoms with Crippen LogP contribution in [0.5, 0.6) is 0 Å². The Morgan fingerprint density at radius 1 is 1.16 bits per heavy atom. The third-order valence-corrected chi connectivity index (χ3v) is 6.10. The summed E-state index contributed by atoms with van der Waals surface area (Å²) in [5, 5.41) is 3.22. The Labute approximate surface area is 113 Å². The van der Waals surface area contributed by atoms with E-state index in [-0.39, 0.29) is 28.5 Å². The first-order valence-corrected chi connectivity index (χ1v) is 9.65. The average Bonchev–Trinajstić information content (AvgIpc) is 2.25. The summed E-state index contributed by atoms with van der Waals surface area (Å²) in [7, 11) is -6.27. The smallest absolute Gasteiger partial charge is 0.175 e. The SMILES string of the molecule is CC1CS(=O)(=O)CC(c2ccc(S(C)(=O)=O)cc2)N1. The molecule has 2 unspecified atom stereocenters. The summed E-state index contributed by atoms with van der Waals surface area (Å²) in [5.41, 5.74) is 0.794. The van der Waals surface area contributed by atoms with Gasteiger partial charge in [-0.25, -0.2) is 16.8 Å². The van der Waals surface area contributed by atoms with Crippen molar-refractivity contribution in [1.82, 2.24) is 5.32 Å². The lowest BCUT2D eigenvalue weighted by atomic mass is 10.1. The Bertz CT molecular complexity index is 662. The number of sulfone groups is 2. The first-order chi connectivity index (χ1) is 8.67. The van der Waals surface area contributed by atoms with Crippen molar-refractivity contribution < 1.29 is 16.8 Å². The highest BCUT2D eigenvalue weighted by molar-refractivity contribution is 7.91.